The molecule has 12 heavy (non-hydrogen) atoms. The molecule has 0 spiro atoms. The minimum Gasteiger partial charge on any atom is -0.323 e. The Morgan fingerprint density at radius 2 is 1.75 bits per heavy atom. The topological polar surface area (TPSA) is 26.0 Å². The van der Waals surface area contributed by atoms with Crippen LogP contribution in [0, 0.1) is 0 Å². The zero-order valence-electron chi connectivity index (χ0n) is 6.34. The highest BCUT2D eigenvalue weighted by molar-refractivity contribution is 6.30. The van der Waals surface area contributed by atoms with Crippen molar-refractivity contribution in [2.24, 2.45) is 5.73 Å². The van der Waals surface area contributed by atoms with Crippen LogP contribution in [0.2, 0.25) is 5.02 Å². The van der Waals surface area contributed by atoms with Crippen LogP contribution in [0.3, 0.4) is 0 Å². The Balaban J connectivity index is 0.00000121. The van der Waals surface area contributed by atoms with Gasteiger partial charge in [-0.2, -0.15) is 0 Å². The highest BCUT2D eigenvalue weighted by Crippen LogP contribution is 2.15. The lowest BCUT2D eigenvalue weighted by atomic mass is 10.1. The van der Waals surface area contributed by atoms with Crippen LogP contribution >= 0.6 is 35.6 Å². The smallest absolute Gasteiger partial charge is 0.0432 e. The summed E-state index contributed by atoms with van der Waals surface area (Å²) in [6, 6.07) is 7.30. The molecule has 1 aromatic carbocycles. The monoisotopic (exact) mass is 225 g/mol. The molecular weight excluding hydrogens is 216 g/mol. The van der Waals surface area contributed by atoms with Crippen molar-refractivity contribution in [3.8, 4) is 0 Å². The maximum Gasteiger partial charge on any atom is 0.0432 e. The number of nitrogens with two attached hydrogens (primary N) is 1. The average molecular weight is 227 g/mol. The number of rotatable bonds is 2. The summed E-state index contributed by atoms with van der Waals surface area (Å²) in [5.41, 5.74) is 6.69. The molecule has 0 aromatic heterocycles. The first-order valence-corrected chi connectivity index (χ1v) is 4.22. The van der Waals surface area contributed by atoms with Gasteiger partial charge in [-0.15, -0.1) is 24.0 Å². The molecule has 4 heteroatoms. The van der Waals surface area contributed by atoms with E-state index in [1.807, 2.05) is 24.3 Å². The highest BCUT2D eigenvalue weighted by atomic mass is 35.5. The van der Waals surface area contributed by atoms with E-state index in [1.54, 1.807) is 0 Å². The van der Waals surface area contributed by atoms with Gasteiger partial charge in [-0.3, -0.25) is 0 Å². The molecule has 0 amide bonds. The molecule has 1 nitrogen and oxygen atoms in total. The predicted octanol–water partition coefficient (Wildman–Crippen LogP) is 3.00. The van der Waals surface area contributed by atoms with Gasteiger partial charge in [-0.1, -0.05) is 23.7 Å². The number of hydrogen-bond acceptors (Lipinski definition) is 1. The van der Waals surface area contributed by atoms with Gasteiger partial charge in [0.2, 0.25) is 0 Å². The lowest BCUT2D eigenvalue weighted by Crippen LogP contribution is -2.10. The van der Waals surface area contributed by atoms with Crippen molar-refractivity contribution in [1.29, 1.82) is 0 Å². The third-order valence-corrected chi connectivity index (χ3v) is 2.05. The van der Waals surface area contributed by atoms with Crippen LogP contribution in [-0.2, 0) is 0 Å². The second-order valence-corrected chi connectivity index (χ2v) is 3.06. The molecular formula is C8H10Cl3N. The van der Waals surface area contributed by atoms with Crippen molar-refractivity contribution in [1.82, 2.24) is 0 Å². The summed E-state index contributed by atoms with van der Waals surface area (Å²) in [5.74, 6) is 0.432. The molecule has 0 bridgehead atoms. The minimum absolute atomic E-state index is 0. The van der Waals surface area contributed by atoms with Crippen molar-refractivity contribution in [2.45, 2.75) is 6.04 Å². The molecule has 0 saturated heterocycles. The molecule has 2 N–H and O–H groups in total. The summed E-state index contributed by atoms with van der Waals surface area (Å²) >= 11 is 11.3. The van der Waals surface area contributed by atoms with Crippen LogP contribution in [0.5, 0.6) is 0 Å². The molecule has 1 aromatic rings. The van der Waals surface area contributed by atoms with E-state index in [1.165, 1.54) is 0 Å². The van der Waals surface area contributed by atoms with Gasteiger partial charge in [0.25, 0.3) is 0 Å². The largest absolute Gasteiger partial charge is 0.323 e. The Morgan fingerprint density at radius 1 is 1.25 bits per heavy atom. The van der Waals surface area contributed by atoms with Crippen LogP contribution in [-0.4, -0.2) is 5.88 Å². The highest BCUT2D eigenvalue weighted by Gasteiger charge is 2.02. The van der Waals surface area contributed by atoms with E-state index in [-0.39, 0.29) is 18.4 Å². The van der Waals surface area contributed by atoms with E-state index in [0.717, 1.165) is 10.6 Å². The van der Waals surface area contributed by atoms with E-state index in [2.05, 4.69) is 0 Å². The van der Waals surface area contributed by atoms with Crippen molar-refractivity contribution in [3.63, 3.8) is 0 Å². The molecule has 0 aliphatic heterocycles. The number of alkyl halides is 1. The fourth-order valence-electron chi connectivity index (χ4n) is 0.799. The average Bonchev–Trinajstić information content (AvgIpc) is 2.05. The Kier molecular flexibility index (Phi) is 5.68. The van der Waals surface area contributed by atoms with Crippen LogP contribution < -0.4 is 5.73 Å². The number of benzene rings is 1. The van der Waals surface area contributed by atoms with Crippen molar-refractivity contribution in [2.75, 3.05) is 5.88 Å². The zero-order chi connectivity index (χ0) is 8.27. The van der Waals surface area contributed by atoms with Gasteiger partial charge in [0.05, 0.1) is 0 Å². The van der Waals surface area contributed by atoms with E-state index in [9.17, 15) is 0 Å². The van der Waals surface area contributed by atoms with Gasteiger partial charge < -0.3 is 5.73 Å². The Hall–Kier alpha value is 0.0500. The van der Waals surface area contributed by atoms with Gasteiger partial charge in [-0.05, 0) is 17.7 Å². The zero-order valence-corrected chi connectivity index (χ0v) is 8.66. The van der Waals surface area contributed by atoms with E-state index >= 15 is 0 Å². The number of halogens is 3. The molecule has 0 aliphatic rings. The van der Waals surface area contributed by atoms with E-state index in [4.69, 9.17) is 28.9 Å². The van der Waals surface area contributed by atoms with Crippen LogP contribution in [0.4, 0.5) is 0 Å². The standard InChI is InChI=1S/C8H9Cl2N.ClH/c9-5-8(11)6-1-3-7(10)4-2-6;/h1-4,8H,5,11H2;1H. The summed E-state index contributed by atoms with van der Waals surface area (Å²) in [5, 5.41) is 0.718. The van der Waals surface area contributed by atoms with Gasteiger partial charge in [-0.25, -0.2) is 0 Å². The molecule has 0 saturated carbocycles. The fourth-order valence-corrected chi connectivity index (χ4v) is 1.10. The second-order valence-electron chi connectivity index (χ2n) is 2.31. The molecule has 1 rings (SSSR count). The summed E-state index contributed by atoms with van der Waals surface area (Å²) in [7, 11) is 0. The normalized spacial score (nSPS) is 11.9. The van der Waals surface area contributed by atoms with Gasteiger partial charge in [0, 0.05) is 16.9 Å². The first-order valence-electron chi connectivity index (χ1n) is 3.31. The summed E-state index contributed by atoms with van der Waals surface area (Å²) in [6.45, 7) is 0. The molecule has 68 valence electrons. The summed E-state index contributed by atoms with van der Waals surface area (Å²) in [4.78, 5) is 0. The maximum atomic E-state index is 5.69. The van der Waals surface area contributed by atoms with Crippen LogP contribution in [0.25, 0.3) is 0 Å². The quantitative estimate of drug-likeness (QED) is 0.771. The maximum absolute atomic E-state index is 5.69. The molecule has 0 fully saturated rings. The molecule has 1 unspecified atom stereocenters. The SMILES string of the molecule is Cl.NC(CCl)c1ccc(Cl)cc1. The van der Waals surface area contributed by atoms with Gasteiger partial charge >= 0.3 is 0 Å². The van der Waals surface area contributed by atoms with Crippen molar-refractivity contribution >= 4 is 35.6 Å². The minimum atomic E-state index is -0.0890. The lowest BCUT2D eigenvalue weighted by Gasteiger charge is -2.06. The first-order chi connectivity index (χ1) is 5.24. The Morgan fingerprint density at radius 3 is 2.17 bits per heavy atom. The molecule has 1 atom stereocenters. The third-order valence-electron chi connectivity index (χ3n) is 1.46. The van der Waals surface area contributed by atoms with Crippen LogP contribution in [0.1, 0.15) is 11.6 Å². The van der Waals surface area contributed by atoms with Crippen molar-refractivity contribution < 1.29 is 0 Å². The third kappa shape index (κ3) is 3.20. The lowest BCUT2D eigenvalue weighted by molar-refractivity contribution is 0.826. The van der Waals surface area contributed by atoms with Gasteiger partial charge in [0.15, 0.2) is 0 Å². The number of hydrogen-bond donors (Lipinski definition) is 1. The Labute approximate surface area is 88.3 Å². The fraction of sp³-hybridized carbons (Fsp3) is 0.250. The van der Waals surface area contributed by atoms with Gasteiger partial charge in [0.1, 0.15) is 0 Å². The molecule has 0 radical (unpaired) electrons. The summed E-state index contributed by atoms with van der Waals surface area (Å²) < 4.78 is 0. The Bertz CT molecular complexity index is 222. The predicted molar refractivity (Wildman–Crippen MR) is 56.3 cm³/mol. The van der Waals surface area contributed by atoms with E-state index < -0.39 is 0 Å². The van der Waals surface area contributed by atoms with Crippen LogP contribution in [0.15, 0.2) is 24.3 Å². The summed E-state index contributed by atoms with van der Waals surface area (Å²) in [6.07, 6.45) is 0. The molecule has 0 heterocycles. The first kappa shape index (κ1) is 12.0. The molecule has 0 aliphatic carbocycles. The van der Waals surface area contributed by atoms with E-state index in [0.29, 0.717) is 5.88 Å². The van der Waals surface area contributed by atoms with Crippen molar-refractivity contribution in [3.05, 3.63) is 34.9 Å². The second kappa shape index (κ2) is 5.65.